The second-order valence-corrected chi connectivity index (χ2v) is 8.28. The Hall–Kier alpha value is -2.89. The molecule has 0 radical (unpaired) electrons. The number of benzene rings is 1. The zero-order chi connectivity index (χ0) is 21.5. The molecule has 1 aromatic heterocycles. The molecule has 1 unspecified atom stereocenters. The van der Waals surface area contributed by atoms with Crippen LogP contribution in [-0.4, -0.2) is 40.9 Å². The maximum Gasteiger partial charge on any atom is 0.255 e. The van der Waals surface area contributed by atoms with Gasteiger partial charge < -0.3 is 14.8 Å². The second kappa shape index (κ2) is 10.2. The summed E-state index contributed by atoms with van der Waals surface area (Å²) in [5.74, 6) is -0.161. The van der Waals surface area contributed by atoms with E-state index in [0.29, 0.717) is 12.1 Å². The Morgan fingerprint density at radius 3 is 2.50 bits per heavy atom. The number of pyridine rings is 1. The van der Waals surface area contributed by atoms with Crippen LogP contribution in [0.4, 0.5) is 0 Å². The molecule has 1 atom stereocenters. The van der Waals surface area contributed by atoms with E-state index in [9.17, 15) is 14.4 Å². The summed E-state index contributed by atoms with van der Waals surface area (Å²) in [5, 5.41) is 3.02. The van der Waals surface area contributed by atoms with Crippen molar-refractivity contribution in [2.45, 2.75) is 57.5 Å². The fraction of sp³-hybridized carbons (Fsp3) is 0.458. The van der Waals surface area contributed by atoms with Crippen LogP contribution in [0.2, 0.25) is 0 Å². The Kier molecular flexibility index (Phi) is 7.44. The predicted molar refractivity (Wildman–Crippen MR) is 118 cm³/mol. The molecule has 1 aliphatic rings. The molecule has 1 fully saturated rings. The van der Waals surface area contributed by atoms with Gasteiger partial charge in [-0.1, -0.05) is 56.5 Å². The number of hydrogen-bond acceptors (Lipinski definition) is 3. The number of carbonyl (C=O) groups excluding carboxylic acids is 2. The number of likely N-dealkylation sites (N-methyl/N-ethyl adjacent to an activating group) is 1. The first kappa shape index (κ1) is 21.8. The molecular weight excluding hydrogens is 378 g/mol. The smallest absolute Gasteiger partial charge is 0.255 e. The van der Waals surface area contributed by atoms with Gasteiger partial charge in [0, 0.05) is 31.9 Å². The predicted octanol–water partition coefficient (Wildman–Crippen LogP) is 3.17. The summed E-state index contributed by atoms with van der Waals surface area (Å²) in [6, 6.07) is 13.1. The molecule has 1 heterocycles. The SMILES string of the molecule is CC(CN(C)C(=O)c1ccc(=O)n(CC(=O)NC2CCCCC2)c1)c1ccccc1. The van der Waals surface area contributed by atoms with Gasteiger partial charge in [-0.15, -0.1) is 0 Å². The highest BCUT2D eigenvalue weighted by Gasteiger charge is 2.19. The maximum absolute atomic E-state index is 12.9. The van der Waals surface area contributed by atoms with Crippen LogP contribution in [0.5, 0.6) is 0 Å². The highest BCUT2D eigenvalue weighted by molar-refractivity contribution is 5.93. The Morgan fingerprint density at radius 2 is 1.80 bits per heavy atom. The van der Waals surface area contributed by atoms with Gasteiger partial charge >= 0.3 is 0 Å². The first-order valence-electron chi connectivity index (χ1n) is 10.7. The summed E-state index contributed by atoms with van der Waals surface area (Å²) >= 11 is 0. The van der Waals surface area contributed by atoms with Crippen molar-refractivity contribution in [3.05, 3.63) is 70.1 Å². The van der Waals surface area contributed by atoms with Gasteiger partial charge in [-0.05, 0) is 30.4 Å². The molecule has 0 spiro atoms. The number of hydrogen-bond donors (Lipinski definition) is 1. The molecule has 0 saturated heterocycles. The molecule has 1 N–H and O–H groups in total. The lowest BCUT2D eigenvalue weighted by molar-refractivity contribution is -0.122. The Balaban J connectivity index is 1.63. The van der Waals surface area contributed by atoms with Gasteiger partial charge in [0.15, 0.2) is 0 Å². The Labute approximate surface area is 177 Å². The van der Waals surface area contributed by atoms with Crippen molar-refractivity contribution >= 4 is 11.8 Å². The number of nitrogens with zero attached hydrogens (tertiary/aromatic N) is 2. The van der Waals surface area contributed by atoms with Crippen molar-refractivity contribution in [3.8, 4) is 0 Å². The zero-order valence-electron chi connectivity index (χ0n) is 17.8. The number of carbonyl (C=O) groups is 2. The van der Waals surface area contributed by atoms with Crippen molar-refractivity contribution < 1.29 is 9.59 Å². The molecule has 0 bridgehead atoms. The first-order valence-corrected chi connectivity index (χ1v) is 10.7. The van der Waals surface area contributed by atoms with Crippen LogP contribution >= 0.6 is 0 Å². The minimum absolute atomic E-state index is 0.0689. The fourth-order valence-electron chi connectivity index (χ4n) is 4.06. The molecule has 0 aliphatic heterocycles. The van der Waals surface area contributed by atoms with E-state index in [4.69, 9.17) is 0 Å². The van der Waals surface area contributed by atoms with Crippen molar-refractivity contribution in [2.75, 3.05) is 13.6 Å². The summed E-state index contributed by atoms with van der Waals surface area (Å²) in [4.78, 5) is 39.1. The molecule has 1 aliphatic carbocycles. The molecule has 1 aromatic carbocycles. The van der Waals surface area contributed by atoms with Crippen LogP contribution in [0, 0.1) is 0 Å². The van der Waals surface area contributed by atoms with Crippen LogP contribution in [0.25, 0.3) is 0 Å². The van der Waals surface area contributed by atoms with E-state index in [1.165, 1.54) is 34.9 Å². The lowest BCUT2D eigenvalue weighted by Crippen LogP contribution is -2.40. The van der Waals surface area contributed by atoms with Crippen molar-refractivity contribution in [1.29, 1.82) is 0 Å². The third kappa shape index (κ3) is 5.81. The Bertz CT molecular complexity index is 917. The highest BCUT2D eigenvalue weighted by Crippen LogP contribution is 2.18. The van der Waals surface area contributed by atoms with Gasteiger partial charge in [0.1, 0.15) is 6.54 Å². The van der Waals surface area contributed by atoms with E-state index < -0.39 is 0 Å². The molecule has 160 valence electrons. The molecule has 30 heavy (non-hydrogen) atoms. The minimum atomic E-state index is -0.286. The molecular formula is C24H31N3O3. The minimum Gasteiger partial charge on any atom is -0.352 e. The molecule has 2 aromatic rings. The lowest BCUT2D eigenvalue weighted by atomic mass is 9.95. The van der Waals surface area contributed by atoms with Crippen LogP contribution in [0.1, 0.15) is 60.9 Å². The summed E-state index contributed by atoms with van der Waals surface area (Å²) in [6.07, 6.45) is 6.94. The highest BCUT2D eigenvalue weighted by atomic mass is 16.2. The van der Waals surface area contributed by atoms with Crippen LogP contribution in [0.15, 0.2) is 53.5 Å². The lowest BCUT2D eigenvalue weighted by Gasteiger charge is -2.23. The van der Waals surface area contributed by atoms with Gasteiger partial charge in [0.25, 0.3) is 11.5 Å². The molecule has 3 rings (SSSR count). The van der Waals surface area contributed by atoms with Crippen LogP contribution in [-0.2, 0) is 11.3 Å². The number of rotatable bonds is 7. The quantitative estimate of drug-likeness (QED) is 0.764. The molecule has 6 nitrogen and oxygen atoms in total. The van der Waals surface area contributed by atoms with Crippen molar-refractivity contribution in [3.63, 3.8) is 0 Å². The largest absolute Gasteiger partial charge is 0.352 e. The molecule has 2 amide bonds. The normalized spacial score (nSPS) is 15.4. The number of nitrogens with one attached hydrogen (secondary N) is 1. The summed E-state index contributed by atoms with van der Waals surface area (Å²) in [6.45, 7) is 2.57. The van der Waals surface area contributed by atoms with E-state index in [0.717, 1.165) is 25.7 Å². The van der Waals surface area contributed by atoms with Gasteiger partial charge in [-0.25, -0.2) is 0 Å². The first-order chi connectivity index (χ1) is 14.4. The molecule has 1 saturated carbocycles. The van der Waals surface area contributed by atoms with Crippen LogP contribution < -0.4 is 10.9 Å². The summed E-state index contributed by atoms with van der Waals surface area (Å²) in [7, 11) is 1.76. The topological polar surface area (TPSA) is 71.4 Å². The van der Waals surface area contributed by atoms with Crippen molar-refractivity contribution in [2.24, 2.45) is 0 Å². The zero-order valence-corrected chi connectivity index (χ0v) is 17.8. The standard InChI is InChI=1S/C24H31N3O3/c1-18(19-9-5-3-6-10-19)15-26(2)24(30)20-13-14-23(29)27(16-20)17-22(28)25-21-11-7-4-8-12-21/h3,5-6,9-10,13-14,16,18,21H,4,7-8,11-12,15,17H2,1-2H3,(H,25,28). The van der Waals surface area contributed by atoms with E-state index in [1.54, 1.807) is 11.9 Å². The van der Waals surface area contributed by atoms with Crippen LogP contribution in [0.3, 0.4) is 0 Å². The second-order valence-electron chi connectivity index (χ2n) is 8.28. The Morgan fingerprint density at radius 1 is 1.10 bits per heavy atom. The average molecular weight is 410 g/mol. The third-order valence-corrected chi connectivity index (χ3v) is 5.78. The summed E-state index contributed by atoms with van der Waals surface area (Å²) < 4.78 is 1.32. The van der Waals surface area contributed by atoms with E-state index in [-0.39, 0.29) is 35.9 Å². The number of aromatic nitrogens is 1. The number of amides is 2. The third-order valence-electron chi connectivity index (χ3n) is 5.78. The monoisotopic (exact) mass is 409 g/mol. The van der Waals surface area contributed by atoms with Crippen molar-refractivity contribution in [1.82, 2.24) is 14.8 Å². The summed E-state index contributed by atoms with van der Waals surface area (Å²) in [5.41, 5.74) is 1.29. The van der Waals surface area contributed by atoms with E-state index in [2.05, 4.69) is 12.2 Å². The van der Waals surface area contributed by atoms with E-state index in [1.807, 2.05) is 30.3 Å². The van der Waals surface area contributed by atoms with Gasteiger partial charge in [-0.3, -0.25) is 14.4 Å². The fourth-order valence-corrected chi connectivity index (χ4v) is 4.06. The van der Waals surface area contributed by atoms with E-state index >= 15 is 0 Å². The molecule has 6 heteroatoms. The van der Waals surface area contributed by atoms with Gasteiger partial charge in [0.2, 0.25) is 5.91 Å². The van der Waals surface area contributed by atoms with Gasteiger partial charge in [0.05, 0.1) is 5.56 Å². The maximum atomic E-state index is 12.9. The van der Waals surface area contributed by atoms with Gasteiger partial charge in [-0.2, -0.15) is 0 Å². The average Bonchev–Trinajstić information content (AvgIpc) is 2.76.